The lowest BCUT2D eigenvalue weighted by atomic mass is 9.81. The van der Waals surface area contributed by atoms with Crippen LogP contribution in [0.3, 0.4) is 0 Å². The van der Waals surface area contributed by atoms with Gasteiger partial charge in [0.1, 0.15) is 0 Å². The van der Waals surface area contributed by atoms with Crippen molar-refractivity contribution in [1.29, 1.82) is 0 Å². The van der Waals surface area contributed by atoms with Crippen molar-refractivity contribution in [3.8, 4) is 0 Å². The lowest BCUT2D eigenvalue weighted by Crippen LogP contribution is -2.59. The summed E-state index contributed by atoms with van der Waals surface area (Å²) in [5.41, 5.74) is 0.408. The monoisotopic (exact) mass is 241 g/mol. The fourth-order valence-electron chi connectivity index (χ4n) is 3.13. The minimum atomic E-state index is 0.204. The quantitative estimate of drug-likeness (QED) is 0.712. The van der Waals surface area contributed by atoms with E-state index in [2.05, 4.69) is 39.9 Å². The highest BCUT2D eigenvalue weighted by Gasteiger charge is 2.37. The van der Waals surface area contributed by atoms with Gasteiger partial charge in [0.05, 0.1) is 6.10 Å². The average Bonchev–Trinajstić information content (AvgIpc) is 2.12. The summed E-state index contributed by atoms with van der Waals surface area (Å²) in [7, 11) is 0. The van der Waals surface area contributed by atoms with Crippen LogP contribution in [0.4, 0.5) is 0 Å². The lowest BCUT2D eigenvalue weighted by molar-refractivity contribution is -0.0228. The molecule has 0 aromatic carbocycles. The van der Waals surface area contributed by atoms with Crippen LogP contribution < -0.4 is 5.32 Å². The molecular formula is C15H31NO. The van der Waals surface area contributed by atoms with E-state index < -0.39 is 0 Å². The molecule has 102 valence electrons. The zero-order valence-electron chi connectivity index (χ0n) is 12.4. The normalized spacial score (nSPS) is 23.8. The first-order valence-electron chi connectivity index (χ1n) is 7.26. The van der Waals surface area contributed by atoms with Gasteiger partial charge in [0.25, 0.3) is 0 Å². The zero-order chi connectivity index (χ0) is 12.9. The maximum atomic E-state index is 6.06. The third-order valence-corrected chi connectivity index (χ3v) is 3.50. The fourth-order valence-corrected chi connectivity index (χ4v) is 3.13. The Hall–Kier alpha value is -0.0800. The van der Waals surface area contributed by atoms with Crippen molar-refractivity contribution in [3.05, 3.63) is 0 Å². The highest BCUT2D eigenvalue weighted by atomic mass is 16.5. The van der Waals surface area contributed by atoms with Gasteiger partial charge in [-0.1, -0.05) is 26.2 Å². The second-order valence-corrected chi connectivity index (χ2v) is 6.85. The second kappa shape index (κ2) is 6.19. The van der Waals surface area contributed by atoms with Crippen molar-refractivity contribution in [3.63, 3.8) is 0 Å². The van der Waals surface area contributed by atoms with Gasteiger partial charge in [-0.05, 0) is 47.0 Å². The molecule has 0 bridgehead atoms. The Morgan fingerprint density at radius 1 is 1.00 bits per heavy atom. The summed E-state index contributed by atoms with van der Waals surface area (Å²) >= 11 is 0. The Bertz CT molecular complexity index is 207. The molecule has 0 atom stereocenters. The molecule has 0 aromatic heterocycles. The molecule has 1 aliphatic heterocycles. The molecular weight excluding hydrogens is 210 g/mol. The van der Waals surface area contributed by atoms with Gasteiger partial charge < -0.3 is 10.1 Å². The topological polar surface area (TPSA) is 21.3 Å². The number of nitrogens with one attached hydrogen (secondary N) is 1. The molecule has 1 aliphatic rings. The molecule has 0 spiro atoms. The minimum Gasteiger partial charge on any atom is -0.378 e. The number of rotatable bonds is 6. The van der Waals surface area contributed by atoms with E-state index in [0.717, 1.165) is 19.4 Å². The first-order chi connectivity index (χ1) is 7.85. The van der Waals surface area contributed by atoms with Gasteiger partial charge in [0.15, 0.2) is 0 Å². The summed E-state index contributed by atoms with van der Waals surface area (Å²) in [5.74, 6) is 0. The van der Waals surface area contributed by atoms with E-state index in [0.29, 0.717) is 6.10 Å². The van der Waals surface area contributed by atoms with E-state index >= 15 is 0 Å². The summed E-state index contributed by atoms with van der Waals surface area (Å²) in [4.78, 5) is 0. The summed E-state index contributed by atoms with van der Waals surface area (Å²) in [5, 5.41) is 3.69. The third-order valence-electron chi connectivity index (χ3n) is 3.50. The number of ether oxygens (including phenoxy) is 1. The first-order valence-corrected chi connectivity index (χ1v) is 7.26. The van der Waals surface area contributed by atoms with E-state index in [1.807, 2.05) is 0 Å². The number of piperidine rings is 1. The van der Waals surface area contributed by atoms with Gasteiger partial charge in [-0.2, -0.15) is 0 Å². The highest BCUT2D eigenvalue weighted by Crippen LogP contribution is 2.30. The molecule has 1 saturated heterocycles. The van der Waals surface area contributed by atoms with Crippen LogP contribution in [0.2, 0.25) is 0 Å². The number of hydrogen-bond donors (Lipinski definition) is 1. The van der Waals surface area contributed by atoms with E-state index in [4.69, 9.17) is 4.74 Å². The molecule has 1 fully saturated rings. The smallest absolute Gasteiger partial charge is 0.0609 e. The van der Waals surface area contributed by atoms with Crippen LogP contribution in [0.25, 0.3) is 0 Å². The van der Waals surface area contributed by atoms with Crippen LogP contribution in [-0.2, 0) is 4.74 Å². The number of unbranched alkanes of at least 4 members (excludes halogenated alkanes) is 3. The van der Waals surface area contributed by atoms with Crippen molar-refractivity contribution in [2.24, 2.45) is 0 Å². The largest absolute Gasteiger partial charge is 0.378 e. The molecule has 1 N–H and O–H groups in total. The Labute approximate surface area is 108 Å². The van der Waals surface area contributed by atoms with Crippen molar-refractivity contribution in [2.45, 2.75) is 90.3 Å². The fraction of sp³-hybridized carbons (Fsp3) is 1.00. The molecule has 0 aromatic rings. The standard InChI is InChI=1S/C15H31NO/c1-6-7-8-9-10-17-13-11-14(2,3)16-15(4,5)12-13/h13,16H,6-12H2,1-5H3. The molecule has 17 heavy (non-hydrogen) atoms. The Morgan fingerprint density at radius 2 is 1.59 bits per heavy atom. The van der Waals surface area contributed by atoms with Gasteiger partial charge in [-0.3, -0.25) is 0 Å². The van der Waals surface area contributed by atoms with Crippen LogP contribution in [0.1, 0.15) is 73.1 Å². The molecule has 1 heterocycles. The Kier molecular flexibility index (Phi) is 5.46. The van der Waals surface area contributed by atoms with Gasteiger partial charge in [0.2, 0.25) is 0 Å². The SMILES string of the molecule is CCCCCCOC1CC(C)(C)NC(C)(C)C1. The lowest BCUT2D eigenvalue weighted by Gasteiger charge is -2.46. The Balaban J connectivity index is 2.28. The van der Waals surface area contributed by atoms with Crippen molar-refractivity contribution in [2.75, 3.05) is 6.61 Å². The van der Waals surface area contributed by atoms with E-state index in [1.165, 1.54) is 25.7 Å². The molecule has 0 saturated carbocycles. The molecule has 0 aliphatic carbocycles. The van der Waals surface area contributed by atoms with Crippen LogP contribution in [-0.4, -0.2) is 23.8 Å². The van der Waals surface area contributed by atoms with E-state index in [-0.39, 0.29) is 11.1 Å². The highest BCUT2D eigenvalue weighted by molar-refractivity contribution is 4.97. The van der Waals surface area contributed by atoms with E-state index in [1.54, 1.807) is 0 Å². The van der Waals surface area contributed by atoms with Crippen LogP contribution >= 0.6 is 0 Å². The maximum Gasteiger partial charge on any atom is 0.0609 e. The van der Waals surface area contributed by atoms with Gasteiger partial charge in [0, 0.05) is 17.7 Å². The predicted octanol–water partition coefficient (Wildman–Crippen LogP) is 3.89. The van der Waals surface area contributed by atoms with Crippen LogP contribution in [0.5, 0.6) is 0 Å². The summed E-state index contributed by atoms with van der Waals surface area (Å²) in [6.07, 6.45) is 7.87. The van der Waals surface area contributed by atoms with Gasteiger partial charge in [-0.15, -0.1) is 0 Å². The van der Waals surface area contributed by atoms with Crippen molar-refractivity contribution in [1.82, 2.24) is 5.32 Å². The molecule has 0 radical (unpaired) electrons. The molecule has 2 heteroatoms. The maximum absolute atomic E-state index is 6.06. The summed E-state index contributed by atoms with van der Waals surface area (Å²) < 4.78 is 6.06. The van der Waals surface area contributed by atoms with Crippen molar-refractivity contribution >= 4 is 0 Å². The molecule has 2 nitrogen and oxygen atoms in total. The van der Waals surface area contributed by atoms with Crippen LogP contribution in [0.15, 0.2) is 0 Å². The van der Waals surface area contributed by atoms with Crippen molar-refractivity contribution < 1.29 is 4.74 Å². The molecule has 1 rings (SSSR count). The van der Waals surface area contributed by atoms with Crippen LogP contribution in [0, 0.1) is 0 Å². The Morgan fingerprint density at radius 3 is 2.12 bits per heavy atom. The third kappa shape index (κ3) is 5.87. The van der Waals surface area contributed by atoms with Gasteiger partial charge >= 0.3 is 0 Å². The summed E-state index contributed by atoms with van der Waals surface area (Å²) in [6.45, 7) is 12.3. The molecule has 0 unspecified atom stereocenters. The zero-order valence-corrected chi connectivity index (χ0v) is 12.4. The summed E-state index contributed by atoms with van der Waals surface area (Å²) in [6, 6.07) is 0. The average molecular weight is 241 g/mol. The second-order valence-electron chi connectivity index (χ2n) is 6.85. The number of hydrogen-bond acceptors (Lipinski definition) is 2. The van der Waals surface area contributed by atoms with Gasteiger partial charge in [-0.25, -0.2) is 0 Å². The van der Waals surface area contributed by atoms with E-state index in [9.17, 15) is 0 Å². The predicted molar refractivity (Wildman–Crippen MR) is 74.4 cm³/mol. The minimum absolute atomic E-state index is 0.204. The first kappa shape index (κ1) is 15.0. The molecule has 0 amide bonds.